The first-order valence-corrected chi connectivity index (χ1v) is 8.16. The summed E-state index contributed by atoms with van der Waals surface area (Å²) in [6, 6.07) is 9.69. The number of carbonyl (C=O) groups is 1. The monoisotopic (exact) mass is 312 g/mol. The number of nitrogens with one attached hydrogen (secondary N) is 1. The minimum absolute atomic E-state index is 0.0227. The van der Waals surface area contributed by atoms with Crippen LogP contribution in [-0.4, -0.2) is 18.2 Å². The molecule has 0 aliphatic heterocycles. The van der Waals surface area contributed by atoms with Crippen molar-refractivity contribution in [3.8, 4) is 5.75 Å². The van der Waals surface area contributed by atoms with E-state index in [0.717, 1.165) is 42.8 Å². The van der Waals surface area contributed by atoms with Crippen LogP contribution in [0.25, 0.3) is 0 Å². The zero-order valence-electron chi connectivity index (χ0n) is 13.1. The summed E-state index contributed by atoms with van der Waals surface area (Å²) in [5, 5.41) is 7.04. The molecule has 1 N–H and O–H groups in total. The summed E-state index contributed by atoms with van der Waals surface area (Å²) < 4.78 is 10.5. The second kappa shape index (κ2) is 5.72. The summed E-state index contributed by atoms with van der Waals surface area (Å²) in [6.45, 7) is 0. The lowest BCUT2D eigenvalue weighted by atomic mass is 10.0. The highest BCUT2D eigenvalue weighted by Crippen LogP contribution is 2.42. The van der Waals surface area contributed by atoms with Crippen LogP contribution in [0.1, 0.15) is 59.5 Å². The van der Waals surface area contributed by atoms with E-state index >= 15 is 0 Å². The molecule has 2 aliphatic carbocycles. The van der Waals surface area contributed by atoms with Crippen LogP contribution < -0.4 is 10.1 Å². The van der Waals surface area contributed by atoms with Gasteiger partial charge >= 0.3 is 0 Å². The third-order valence-corrected chi connectivity index (χ3v) is 4.60. The lowest BCUT2D eigenvalue weighted by Crippen LogP contribution is -2.30. The molecule has 23 heavy (non-hydrogen) atoms. The van der Waals surface area contributed by atoms with Gasteiger partial charge in [0.1, 0.15) is 11.5 Å². The molecule has 5 nitrogen and oxygen atoms in total. The van der Waals surface area contributed by atoms with E-state index in [-0.39, 0.29) is 11.9 Å². The van der Waals surface area contributed by atoms with Crippen molar-refractivity contribution in [3.05, 3.63) is 47.3 Å². The van der Waals surface area contributed by atoms with Gasteiger partial charge in [0.25, 0.3) is 5.91 Å². The zero-order valence-corrected chi connectivity index (χ0v) is 13.1. The van der Waals surface area contributed by atoms with Gasteiger partial charge in [-0.3, -0.25) is 4.79 Å². The fourth-order valence-corrected chi connectivity index (χ4v) is 2.89. The topological polar surface area (TPSA) is 64.4 Å². The molecule has 2 aromatic rings. The summed E-state index contributed by atoms with van der Waals surface area (Å²) >= 11 is 0. The van der Waals surface area contributed by atoms with Crippen molar-refractivity contribution in [2.75, 3.05) is 7.11 Å². The van der Waals surface area contributed by atoms with Crippen LogP contribution in [0.4, 0.5) is 0 Å². The smallest absolute Gasteiger partial charge is 0.273 e. The standard InChI is InChI=1S/C18H20N2O3/c1-22-14-8-6-13(7-9-14)17(12-4-5-12)19-18(21)15-10-16(23-20-15)11-2-3-11/h6-12,17H,2-5H2,1H3,(H,19,21). The summed E-state index contributed by atoms with van der Waals surface area (Å²) in [6.07, 6.45) is 4.55. The first-order chi connectivity index (χ1) is 11.2. The maximum Gasteiger partial charge on any atom is 0.273 e. The number of ether oxygens (including phenoxy) is 1. The Labute approximate surface area is 135 Å². The van der Waals surface area contributed by atoms with Gasteiger partial charge < -0.3 is 14.6 Å². The van der Waals surface area contributed by atoms with Gasteiger partial charge in [0, 0.05) is 12.0 Å². The quantitative estimate of drug-likeness (QED) is 0.887. The highest BCUT2D eigenvalue weighted by atomic mass is 16.5. The van der Waals surface area contributed by atoms with Crippen LogP contribution in [0, 0.1) is 5.92 Å². The van der Waals surface area contributed by atoms with Crippen LogP contribution >= 0.6 is 0 Å². The van der Waals surface area contributed by atoms with Gasteiger partial charge in [-0.05, 0) is 49.3 Å². The molecule has 2 fully saturated rings. The van der Waals surface area contributed by atoms with Crippen LogP contribution in [0.2, 0.25) is 0 Å². The van der Waals surface area contributed by atoms with E-state index in [9.17, 15) is 4.79 Å². The molecule has 4 rings (SSSR count). The fraction of sp³-hybridized carbons (Fsp3) is 0.444. The molecular weight excluding hydrogens is 292 g/mol. The number of amides is 1. The molecule has 1 aromatic heterocycles. The maximum absolute atomic E-state index is 12.5. The second-order valence-electron chi connectivity index (χ2n) is 6.45. The third kappa shape index (κ3) is 3.09. The van der Waals surface area contributed by atoms with E-state index in [1.165, 1.54) is 0 Å². The van der Waals surface area contributed by atoms with Crippen molar-refractivity contribution in [2.45, 2.75) is 37.6 Å². The van der Waals surface area contributed by atoms with Gasteiger partial charge in [0.2, 0.25) is 0 Å². The minimum atomic E-state index is -0.159. The van der Waals surface area contributed by atoms with Gasteiger partial charge in [-0.1, -0.05) is 17.3 Å². The highest BCUT2D eigenvalue weighted by Gasteiger charge is 2.35. The molecule has 2 saturated carbocycles. The molecule has 0 bridgehead atoms. The van der Waals surface area contributed by atoms with Crippen molar-refractivity contribution >= 4 is 5.91 Å². The molecule has 0 spiro atoms. The van der Waals surface area contributed by atoms with E-state index < -0.39 is 0 Å². The average molecular weight is 312 g/mol. The van der Waals surface area contributed by atoms with E-state index in [0.29, 0.717) is 17.5 Å². The van der Waals surface area contributed by atoms with E-state index in [2.05, 4.69) is 10.5 Å². The van der Waals surface area contributed by atoms with Gasteiger partial charge in [0.15, 0.2) is 5.69 Å². The first-order valence-electron chi connectivity index (χ1n) is 8.16. The number of rotatable bonds is 6. The lowest BCUT2D eigenvalue weighted by Gasteiger charge is -2.18. The second-order valence-corrected chi connectivity index (χ2v) is 6.45. The average Bonchev–Trinajstić information content (AvgIpc) is 3.51. The van der Waals surface area contributed by atoms with Crippen molar-refractivity contribution in [2.24, 2.45) is 5.92 Å². The predicted molar refractivity (Wildman–Crippen MR) is 84.4 cm³/mol. The van der Waals surface area contributed by atoms with Gasteiger partial charge in [0.05, 0.1) is 13.2 Å². The number of benzene rings is 1. The van der Waals surface area contributed by atoms with Crippen LogP contribution in [0.15, 0.2) is 34.9 Å². The summed E-state index contributed by atoms with van der Waals surface area (Å²) in [5.41, 5.74) is 1.48. The summed E-state index contributed by atoms with van der Waals surface area (Å²) in [7, 11) is 1.65. The van der Waals surface area contributed by atoms with E-state index in [1.807, 2.05) is 24.3 Å². The molecule has 1 amide bonds. The normalized spacial score (nSPS) is 18.5. The molecule has 0 radical (unpaired) electrons. The fourth-order valence-electron chi connectivity index (χ4n) is 2.89. The van der Waals surface area contributed by atoms with Gasteiger partial charge in [-0.2, -0.15) is 0 Å². The van der Waals surface area contributed by atoms with Crippen LogP contribution in [-0.2, 0) is 0 Å². The molecular formula is C18H20N2O3. The van der Waals surface area contributed by atoms with Crippen molar-refractivity contribution in [1.29, 1.82) is 0 Å². The Kier molecular flexibility index (Phi) is 3.56. The summed E-state index contributed by atoms with van der Waals surface area (Å²) in [5.74, 6) is 2.46. The Morgan fingerprint density at radius 2 is 2.00 bits per heavy atom. The molecule has 1 unspecified atom stereocenters. The van der Waals surface area contributed by atoms with Crippen LogP contribution in [0.3, 0.4) is 0 Å². The van der Waals surface area contributed by atoms with Gasteiger partial charge in [-0.25, -0.2) is 0 Å². The molecule has 1 aromatic carbocycles. The third-order valence-electron chi connectivity index (χ3n) is 4.60. The van der Waals surface area contributed by atoms with Crippen molar-refractivity contribution in [1.82, 2.24) is 10.5 Å². The van der Waals surface area contributed by atoms with Crippen LogP contribution in [0.5, 0.6) is 5.75 Å². The largest absolute Gasteiger partial charge is 0.497 e. The van der Waals surface area contributed by atoms with Gasteiger partial charge in [-0.15, -0.1) is 0 Å². The molecule has 1 atom stereocenters. The number of hydrogen-bond acceptors (Lipinski definition) is 4. The van der Waals surface area contributed by atoms with Crippen molar-refractivity contribution < 1.29 is 14.1 Å². The highest BCUT2D eigenvalue weighted by molar-refractivity contribution is 5.92. The Bertz CT molecular complexity index is 699. The number of aromatic nitrogens is 1. The first kappa shape index (κ1) is 14.3. The van der Waals surface area contributed by atoms with E-state index in [4.69, 9.17) is 9.26 Å². The lowest BCUT2D eigenvalue weighted by molar-refractivity contribution is 0.0922. The Morgan fingerprint density at radius 1 is 1.26 bits per heavy atom. The molecule has 2 aliphatic rings. The molecule has 5 heteroatoms. The number of hydrogen-bond donors (Lipinski definition) is 1. The Balaban J connectivity index is 1.49. The molecule has 120 valence electrons. The number of methoxy groups -OCH3 is 1. The zero-order chi connectivity index (χ0) is 15.8. The predicted octanol–water partition coefficient (Wildman–Crippen LogP) is 3.44. The maximum atomic E-state index is 12.5. The Morgan fingerprint density at radius 3 is 2.61 bits per heavy atom. The number of carbonyl (C=O) groups excluding carboxylic acids is 1. The van der Waals surface area contributed by atoms with E-state index in [1.54, 1.807) is 13.2 Å². The number of nitrogens with zero attached hydrogens (tertiary/aromatic N) is 1. The molecule has 0 saturated heterocycles. The minimum Gasteiger partial charge on any atom is -0.497 e. The summed E-state index contributed by atoms with van der Waals surface area (Å²) in [4.78, 5) is 12.5. The Hall–Kier alpha value is -2.30. The van der Waals surface area contributed by atoms with Crippen molar-refractivity contribution in [3.63, 3.8) is 0 Å². The SMILES string of the molecule is COc1ccc(C(NC(=O)c2cc(C3CC3)on2)C2CC2)cc1. The molecule has 1 heterocycles.